The molecule has 0 bridgehead atoms. The van der Waals surface area contributed by atoms with Crippen molar-refractivity contribution in [2.24, 2.45) is 0 Å². The molecule has 0 spiro atoms. The van der Waals surface area contributed by atoms with E-state index in [-0.39, 0.29) is 5.78 Å². The Hall–Kier alpha value is -2.80. The fourth-order valence-electron chi connectivity index (χ4n) is 2.14. The number of benzene rings is 1. The third-order valence-corrected chi connectivity index (χ3v) is 3.95. The average molecular weight is 296 g/mol. The third kappa shape index (κ3) is 1.95. The first-order chi connectivity index (χ1) is 10.3. The average Bonchev–Trinajstić information content (AvgIpc) is 3.25. The molecular weight excluding hydrogens is 288 g/mol. The molecule has 3 aromatic heterocycles. The summed E-state index contributed by atoms with van der Waals surface area (Å²) in [6.45, 7) is 0. The molecule has 7 heteroatoms. The molecule has 102 valence electrons. The Kier molecular flexibility index (Phi) is 2.65. The van der Waals surface area contributed by atoms with Gasteiger partial charge in [-0.1, -0.05) is 18.2 Å². The van der Waals surface area contributed by atoms with E-state index in [2.05, 4.69) is 20.2 Å². The van der Waals surface area contributed by atoms with Gasteiger partial charge in [-0.3, -0.25) is 4.79 Å². The van der Waals surface area contributed by atoms with E-state index in [4.69, 9.17) is 4.42 Å². The minimum atomic E-state index is -0.122. The van der Waals surface area contributed by atoms with E-state index in [1.165, 1.54) is 17.7 Å². The van der Waals surface area contributed by atoms with Crippen molar-refractivity contribution in [3.63, 3.8) is 0 Å². The fourth-order valence-corrected chi connectivity index (χ4v) is 2.88. The molecular formula is C14H8N4O2S. The number of carbonyl (C=O) groups is 1. The Morgan fingerprint density at radius 2 is 2.19 bits per heavy atom. The highest BCUT2D eigenvalue weighted by Crippen LogP contribution is 2.25. The van der Waals surface area contributed by atoms with Crippen LogP contribution in [0.15, 0.2) is 46.7 Å². The van der Waals surface area contributed by atoms with Crippen LogP contribution in [0.4, 0.5) is 0 Å². The molecule has 0 fully saturated rings. The molecule has 21 heavy (non-hydrogen) atoms. The zero-order valence-electron chi connectivity index (χ0n) is 10.6. The van der Waals surface area contributed by atoms with Crippen LogP contribution < -0.4 is 0 Å². The topological polar surface area (TPSA) is 84.7 Å². The van der Waals surface area contributed by atoms with Gasteiger partial charge in [-0.25, -0.2) is 4.98 Å². The molecule has 1 aromatic carbocycles. The van der Waals surface area contributed by atoms with Gasteiger partial charge in [-0.05, 0) is 6.07 Å². The number of fused-ring (bicyclic) bond motifs is 1. The Morgan fingerprint density at radius 1 is 1.29 bits per heavy atom. The van der Waals surface area contributed by atoms with E-state index in [9.17, 15) is 4.79 Å². The number of nitrogens with zero attached hydrogens (tertiary/aromatic N) is 3. The summed E-state index contributed by atoms with van der Waals surface area (Å²) in [5.74, 6) is 0.187. The lowest BCUT2D eigenvalue weighted by atomic mass is 10.1. The first-order valence-corrected chi connectivity index (χ1v) is 7.04. The quantitative estimate of drug-likeness (QED) is 0.587. The van der Waals surface area contributed by atoms with Crippen LogP contribution in [0.2, 0.25) is 0 Å². The van der Waals surface area contributed by atoms with Gasteiger partial charge in [0.1, 0.15) is 5.69 Å². The Labute approximate surface area is 122 Å². The number of aromatic nitrogens is 4. The molecule has 0 atom stereocenters. The minimum Gasteiger partial charge on any atom is -0.422 e. The van der Waals surface area contributed by atoms with Crippen molar-refractivity contribution in [2.75, 3.05) is 0 Å². The summed E-state index contributed by atoms with van der Waals surface area (Å²) in [6.07, 6.45) is 2.94. The number of rotatable bonds is 3. The summed E-state index contributed by atoms with van der Waals surface area (Å²) < 4.78 is 5.08. The number of H-pyrrole nitrogens is 1. The van der Waals surface area contributed by atoms with Crippen LogP contribution in [0.3, 0.4) is 0 Å². The number of ketones is 1. The highest BCUT2D eigenvalue weighted by Gasteiger charge is 2.19. The number of aromatic amines is 1. The first kappa shape index (κ1) is 12.0. The maximum atomic E-state index is 12.6. The second-order valence-electron chi connectivity index (χ2n) is 4.36. The van der Waals surface area contributed by atoms with Gasteiger partial charge >= 0.3 is 0 Å². The maximum absolute atomic E-state index is 12.6. The monoisotopic (exact) mass is 296 g/mol. The molecule has 0 amide bonds. The van der Waals surface area contributed by atoms with Crippen molar-refractivity contribution in [1.29, 1.82) is 0 Å². The molecule has 0 unspecified atom stereocenters. The fraction of sp³-hybridized carbons (Fsp3) is 0. The van der Waals surface area contributed by atoms with Gasteiger partial charge in [0.2, 0.25) is 12.2 Å². The normalized spacial score (nSPS) is 11.0. The van der Waals surface area contributed by atoms with Gasteiger partial charge in [-0.15, -0.1) is 21.5 Å². The van der Waals surface area contributed by atoms with Crippen molar-refractivity contribution >= 4 is 28.0 Å². The molecule has 0 saturated carbocycles. The van der Waals surface area contributed by atoms with Gasteiger partial charge in [0, 0.05) is 22.5 Å². The summed E-state index contributed by atoms with van der Waals surface area (Å²) >= 11 is 1.26. The lowest BCUT2D eigenvalue weighted by Crippen LogP contribution is -1.99. The SMILES string of the molecule is O=C(c1nc(-c2nnco2)cs1)c1c[nH]c2ccccc12. The van der Waals surface area contributed by atoms with Crippen LogP contribution in [0.1, 0.15) is 15.4 Å². The zero-order valence-corrected chi connectivity index (χ0v) is 11.4. The first-order valence-electron chi connectivity index (χ1n) is 6.16. The molecule has 3 heterocycles. The number of hydrogen-bond donors (Lipinski definition) is 1. The van der Waals surface area contributed by atoms with Gasteiger partial charge in [0.25, 0.3) is 5.89 Å². The largest absolute Gasteiger partial charge is 0.422 e. The molecule has 0 aliphatic heterocycles. The number of hydrogen-bond acceptors (Lipinski definition) is 6. The van der Waals surface area contributed by atoms with Crippen LogP contribution in [-0.4, -0.2) is 25.9 Å². The maximum Gasteiger partial charge on any atom is 0.266 e. The number of carbonyl (C=O) groups excluding carboxylic acids is 1. The zero-order chi connectivity index (χ0) is 14.2. The van der Waals surface area contributed by atoms with Gasteiger partial charge in [0.05, 0.1) is 5.56 Å². The van der Waals surface area contributed by atoms with Crippen molar-refractivity contribution in [3.8, 4) is 11.6 Å². The molecule has 0 aliphatic rings. The Morgan fingerprint density at radius 3 is 3.05 bits per heavy atom. The highest BCUT2D eigenvalue weighted by molar-refractivity contribution is 7.12. The van der Waals surface area contributed by atoms with Crippen LogP contribution >= 0.6 is 11.3 Å². The van der Waals surface area contributed by atoms with E-state index in [0.29, 0.717) is 22.2 Å². The van der Waals surface area contributed by atoms with Crippen LogP contribution in [0.5, 0.6) is 0 Å². The molecule has 0 aliphatic carbocycles. The van der Waals surface area contributed by atoms with Crippen molar-refractivity contribution < 1.29 is 9.21 Å². The van der Waals surface area contributed by atoms with Crippen molar-refractivity contribution in [1.82, 2.24) is 20.2 Å². The Bertz CT molecular complexity index is 923. The lowest BCUT2D eigenvalue weighted by Gasteiger charge is -1.94. The van der Waals surface area contributed by atoms with Crippen molar-refractivity contribution in [3.05, 3.63) is 52.8 Å². The molecule has 4 aromatic rings. The molecule has 1 N–H and O–H groups in total. The second kappa shape index (κ2) is 4.64. The van der Waals surface area contributed by atoms with E-state index in [0.717, 1.165) is 10.9 Å². The van der Waals surface area contributed by atoms with E-state index in [1.807, 2.05) is 24.3 Å². The summed E-state index contributed by atoms with van der Waals surface area (Å²) in [4.78, 5) is 19.9. The number of para-hydroxylation sites is 1. The summed E-state index contributed by atoms with van der Waals surface area (Å²) in [5, 5.41) is 10.4. The molecule has 4 rings (SSSR count). The number of nitrogens with one attached hydrogen (secondary N) is 1. The van der Waals surface area contributed by atoms with Gasteiger partial charge in [0.15, 0.2) is 5.01 Å². The van der Waals surface area contributed by atoms with Gasteiger partial charge < -0.3 is 9.40 Å². The molecule has 0 radical (unpaired) electrons. The van der Waals surface area contributed by atoms with Crippen LogP contribution in [0, 0.1) is 0 Å². The smallest absolute Gasteiger partial charge is 0.266 e. The standard InChI is InChI=1S/C14H8N4O2S/c19-12(9-5-15-10-4-2-1-3-8(9)10)14-17-11(6-21-14)13-18-16-7-20-13/h1-7,15H. The summed E-state index contributed by atoms with van der Waals surface area (Å²) in [5.41, 5.74) is 2.05. The predicted octanol–water partition coefficient (Wildman–Crippen LogP) is 2.91. The highest BCUT2D eigenvalue weighted by atomic mass is 32.1. The third-order valence-electron chi connectivity index (χ3n) is 3.11. The van der Waals surface area contributed by atoms with E-state index < -0.39 is 0 Å². The van der Waals surface area contributed by atoms with E-state index in [1.54, 1.807) is 11.6 Å². The summed E-state index contributed by atoms with van der Waals surface area (Å²) in [7, 11) is 0. The summed E-state index contributed by atoms with van der Waals surface area (Å²) in [6, 6.07) is 7.66. The van der Waals surface area contributed by atoms with Crippen LogP contribution in [0.25, 0.3) is 22.5 Å². The lowest BCUT2D eigenvalue weighted by molar-refractivity contribution is 0.104. The van der Waals surface area contributed by atoms with Crippen molar-refractivity contribution in [2.45, 2.75) is 0 Å². The predicted molar refractivity (Wildman–Crippen MR) is 77.1 cm³/mol. The van der Waals surface area contributed by atoms with E-state index >= 15 is 0 Å². The number of thiazole rings is 1. The minimum absolute atomic E-state index is 0.122. The second-order valence-corrected chi connectivity index (χ2v) is 5.22. The Balaban J connectivity index is 1.75. The van der Waals surface area contributed by atoms with Crippen LogP contribution in [-0.2, 0) is 0 Å². The molecule has 0 saturated heterocycles. The molecule has 6 nitrogen and oxygen atoms in total. The van der Waals surface area contributed by atoms with Gasteiger partial charge in [-0.2, -0.15) is 0 Å².